The Kier molecular flexibility index (Phi) is 3.14. The zero-order valence-corrected chi connectivity index (χ0v) is 9.51. The van der Waals surface area contributed by atoms with Gasteiger partial charge in [0.15, 0.2) is 17.5 Å². The van der Waals surface area contributed by atoms with Crippen molar-refractivity contribution in [3.05, 3.63) is 47.8 Å². The van der Waals surface area contributed by atoms with E-state index in [1.807, 2.05) is 0 Å². The highest BCUT2D eigenvalue weighted by molar-refractivity contribution is 5.69. The number of anilines is 1. The van der Waals surface area contributed by atoms with Crippen molar-refractivity contribution >= 4 is 5.69 Å². The van der Waals surface area contributed by atoms with Gasteiger partial charge in [0.05, 0.1) is 7.11 Å². The molecule has 2 N–H and O–H groups in total. The minimum atomic E-state index is -1.49. The molecule has 2 aromatic rings. The van der Waals surface area contributed by atoms with Crippen LogP contribution in [0, 0.1) is 17.5 Å². The van der Waals surface area contributed by atoms with Gasteiger partial charge in [0, 0.05) is 11.8 Å². The lowest BCUT2D eigenvalue weighted by Crippen LogP contribution is -1.94. The highest BCUT2D eigenvalue weighted by Gasteiger charge is 2.12. The van der Waals surface area contributed by atoms with Gasteiger partial charge < -0.3 is 10.5 Å². The number of methoxy groups -OCH3 is 1. The van der Waals surface area contributed by atoms with E-state index in [-0.39, 0.29) is 5.56 Å². The number of halogens is 3. The zero-order chi connectivity index (χ0) is 13.3. The standard InChI is InChI=1S/C13H10F3NO/c1-18-10-3-7(2-9(17)6-10)8-4-11(14)13(16)12(15)5-8/h2-6H,17H2,1H3. The molecular weight excluding hydrogens is 243 g/mol. The molecule has 2 rings (SSSR count). The molecule has 0 amide bonds. The SMILES string of the molecule is COc1cc(N)cc(-c2cc(F)c(F)c(F)c2)c1. The summed E-state index contributed by atoms with van der Waals surface area (Å²) in [5, 5.41) is 0. The summed E-state index contributed by atoms with van der Waals surface area (Å²) in [5.74, 6) is -3.53. The number of rotatable bonds is 2. The van der Waals surface area contributed by atoms with Crippen LogP contribution in [0.15, 0.2) is 30.3 Å². The minimum Gasteiger partial charge on any atom is -0.497 e. The Hall–Kier alpha value is -2.17. The van der Waals surface area contributed by atoms with Crippen molar-refractivity contribution in [3.8, 4) is 16.9 Å². The molecular formula is C13H10F3NO. The molecule has 0 aliphatic carbocycles. The topological polar surface area (TPSA) is 35.2 Å². The first-order chi connectivity index (χ1) is 8.51. The first kappa shape index (κ1) is 12.3. The van der Waals surface area contributed by atoms with Gasteiger partial charge in [0.1, 0.15) is 5.75 Å². The number of ether oxygens (including phenoxy) is 1. The van der Waals surface area contributed by atoms with E-state index in [0.717, 1.165) is 12.1 Å². The summed E-state index contributed by atoms with van der Waals surface area (Å²) >= 11 is 0. The van der Waals surface area contributed by atoms with Crippen molar-refractivity contribution in [2.24, 2.45) is 0 Å². The van der Waals surface area contributed by atoms with E-state index in [2.05, 4.69) is 0 Å². The van der Waals surface area contributed by atoms with Crippen molar-refractivity contribution in [1.82, 2.24) is 0 Å². The fraction of sp³-hybridized carbons (Fsp3) is 0.0769. The fourth-order valence-corrected chi connectivity index (χ4v) is 1.63. The maximum Gasteiger partial charge on any atom is 0.194 e. The van der Waals surface area contributed by atoms with Crippen LogP contribution < -0.4 is 10.5 Å². The summed E-state index contributed by atoms with van der Waals surface area (Å²) in [6.45, 7) is 0. The van der Waals surface area contributed by atoms with Crippen LogP contribution in [0.2, 0.25) is 0 Å². The first-order valence-corrected chi connectivity index (χ1v) is 5.10. The third-order valence-electron chi connectivity index (χ3n) is 2.48. The van der Waals surface area contributed by atoms with E-state index >= 15 is 0 Å². The largest absolute Gasteiger partial charge is 0.497 e. The van der Waals surface area contributed by atoms with Crippen molar-refractivity contribution in [1.29, 1.82) is 0 Å². The van der Waals surface area contributed by atoms with Gasteiger partial charge >= 0.3 is 0 Å². The molecule has 18 heavy (non-hydrogen) atoms. The van der Waals surface area contributed by atoms with Gasteiger partial charge in [-0.05, 0) is 35.4 Å². The second-order valence-corrected chi connectivity index (χ2v) is 3.75. The molecule has 5 heteroatoms. The molecule has 0 unspecified atom stereocenters. The molecule has 2 aromatic carbocycles. The Morgan fingerprint density at radius 1 is 0.889 bits per heavy atom. The van der Waals surface area contributed by atoms with Crippen LogP contribution in [0.4, 0.5) is 18.9 Å². The van der Waals surface area contributed by atoms with Crippen LogP contribution >= 0.6 is 0 Å². The lowest BCUT2D eigenvalue weighted by molar-refractivity contribution is 0.415. The molecule has 0 fully saturated rings. The fourth-order valence-electron chi connectivity index (χ4n) is 1.63. The Morgan fingerprint density at radius 3 is 2.00 bits per heavy atom. The van der Waals surface area contributed by atoms with E-state index in [1.54, 1.807) is 12.1 Å². The molecule has 0 atom stereocenters. The molecule has 94 valence electrons. The van der Waals surface area contributed by atoms with E-state index in [9.17, 15) is 13.2 Å². The average molecular weight is 253 g/mol. The molecule has 0 spiro atoms. The maximum atomic E-state index is 13.1. The lowest BCUT2D eigenvalue weighted by Gasteiger charge is -2.08. The molecule has 0 aliphatic rings. The summed E-state index contributed by atoms with van der Waals surface area (Å²) < 4.78 is 44.1. The quantitative estimate of drug-likeness (QED) is 0.658. The second kappa shape index (κ2) is 4.60. The number of benzene rings is 2. The molecule has 0 saturated heterocycles. The smallest absolute Gasteiger partial charge is 0.194 e. The number of nitrogens with two attached hydrogens (primary N) is 1. The minimum absolute atomic E-state index is 0.192. The van der Waals surface area contributed by atoms with Crippen LogP contribution in [-0.4, -0.2) is 7.11 Å². The van der Waals surface area contributed by atoms with Crippen LogP contribution in [-0.2, 0) is 0 Å². The second-order valence-electron chi connectivity index (χ2n) is 3.75. The van der Waals surface area contributed by atoms with Crippen molar-refractivity contribution in [3.63, 3.8) is 0 Å². The predicted octanol–water partition coefficient (Wildman–Crippen LogP) is 3.36. The Morgan fingerprint density at radius 2 is 1.44 bits per heavy atom. The predicted molar refractivity (Wildman–Crippen MR) is 62.7 cm³/mol. The van der Waals surface area contributed by atoms with Crippen LogP contribution in [0.3, 0.4) is 0 Å². The summed E-state index contributed by atoms with van der Waals surface area (Å²) in [6.07, 6.45) is 0. The third-order valence-corrected chi connectivity index (χ3v) is 2.48. The lowest BCUT2D eigenvalue weighted by atomic mass is 10.0. The Bertz CT molecular complexity index is 576. The third kappa shape index (κ3) is 2.25. The Labute approximate surface area is 102 Å². The van der Waals surface area contributed by atoms with Gasteiger partial charge in [-0.1, -0.05) is 0 Å². The maximum absolute atomic E-state index is 13.1. The molecule has 0 bridgehead atoms. The first-order valence-electron chi connectivity index (χ1n) is 5.10. The number of nitrogen functional groups attached to an aromatic ring is 1. The Balaban J connectivity index is 2.58. The molecule has 2 nitrogen and oxygen atoms in total. The van der Waals surface area contributed by atoms with Crippen LogP contribution in [0.25, 0.3) is 11.1 Å². The molecule has 0 heterocycles. The summed E-state index contributed by atoms with van der Waals surface area (Å²) in [7, 11) is 1.45. The van der Waals surface area contributed by atoms with Crippen molar-refractivity contribution in [2.75, 3.05) is 12.8 Å². The number of hydrogen-bond acceptors (Lipinski definition) is 2. The highest BCUT2D eigenvalue weighted by Crippen LogP contribution is 2.29. The normalized spacial score (nSPS) is 10.4. The van der Waals surface area contributed by atoms with Crippen molar-refractivity contribution < 1.29 is 17.9 Å². The molecule has 0 aromatic heterocycles. The van der Waals surface area contributed by atoms with Gasteiger partial charge in [-0.2, -0.15) is 0 Å². The van der Waals surface area contributed by atoms with Crippen molar-refractivity contribution in [2.45, 2.75) is 0 Å². The van der Waals surface area contributed by atoms with Gasteiger partial charge in [0.25, 0.3) is 0 Å². The average Bonchev–Trinajstić information content (AvgIpc) is 2.34. The zero-order valence-electron chi connectivity index (χ0n) is 9.51. The van der Waals surface area contributed by atoms with Gasteiger partial charge in [-0.25, -0.2) is 13.2 Å². The van der Waals surface area contributed by atoms with Crippen LogP contribution in [0.1, 0.15) is 0 Å². The number of hydrogen-bond donors (Lipinski definition) is 1. The molecule has 0 aliphatic heterocycles. The van der Waals surface area contributed by atoms with Gasteiger partial charge in [-0.15, -0.1) is 0 Å². The van der Waals surface area contributed by atoms with E-state index in [0.29, 0.717) is 17.0 Å². The monoisotopic (exact) mass is 253 g/mol. The van der Waals surface area contributed by atoms with Gasteiger partial charge in [-0.3, -0.25) is 0 Å². The van der Waals surface area contributed by atoms with Crippen LogP contribution in [0.5, 0.6) is 5.75 Å². The summed E-state index contributed by atoms with van der Waals surface area (Å²) in [6, 6.07) is 6.47. The molecule has 0 radical (unpaired) electrons. The van der Waals surface area contributed by atoms with Gasteiger partial charge in [0.2, 0.25) is 0 Å². The summed E-state index contributed by atoms with van der Waals surface area (Å²) in [4.78, 5) is 0. The summed E-state index contributed by atoms with van der Waals surface area (Å²) in [5.41, 5.74) is 6.66. The highest BCUT2D eigenvalue weighted by atomic mass is 19.2. The van der Waals surface area contributed by atoms with E-state index in [1.165, 1.54) is 13.2 Å². The van der Waals surface area contributed by atoms with E-state index in [4.69, 9.17) is 10.5 Å². The molecule has 0 saturated carbocycles. The van der Waals surface area contributed by atoms with E-state index < -0.39 is 17.5 Å².